The van der Waals surface area contributed by atoms with Gasteiger partial charge in [-0.3, -0.25) is 19.2 Å². The lowest BCUT2D eigenvalue weighted by Gasteiger charge is -2.25. The first-order valence-electron chi connectivity index (χ1n) is 9.73. The van der Waals surface area contributed by atoms with Gasteiger partial charge in [0.05, 0.1) is 6.61 Å². The Hall–Kier alpha value is -4.28. The highest BCUT2D eigenvalue weighted by Crippen LogP contribution is 2.13. The van der Waals surface area contributed by atoms with Crippen LogP contribution < -0.4 is 0 Å². The van der Waals surface area contributed by atoms with E-state index in [2.05, 4.69) is 23.7 Å². The highest BCUT2D eigenvalue weighted by atomic mass is 16.7. The summed E-state index contributed by atoms with van der Waals surface area (Å²) >= 11 is 0. The molecule has 0 aliphatic carbocycles. The normalized spacial score (nSPS) is 14.5. The topological polar surface area (TPSA) is 253 Å². The van der Waals surface area contributed by atoms with Crippen LogP contribution in [0.5, 0.6) is 0 Å². The van der Waals surface area contributed by atoms with Gasteiger partial charge in [0, 0.05) is 27.7 Å². The number of aliphatic carboxylic acids is 2. The minimum atomic E-state index is -2.34. The van der Waals surface area contributed by atoms with Gasteiger partial charge in [-0.05, 0) is 0 Å². The highest BCUT2D eigenvalue weighted by molar-refractivity contribution is 5.89. The van der Waals surface area contributed by atoms with Crippen molar-refractivity contribution in [3.05, 3.63) is 0 Å². The Balaban J connectivity index is 5.63. The third-order valence-electron chi connectivity index (χ3n) is 3.57. The number of aliphatic hydroxyl groups excluding tert-OH is 1. The molecule has 0 heterocycles. The van der Waals surface area contributed by atoms with Gasteiger partial charge >= 0.3 is 47.8 Å². The van der Waals surface area contributed by atoms with Gasteiger partial charge in [0.25, 0.3) is 0 Å². The van der Waals surface area contributed by atoms with E-state index >= 15 is 0 Å². The van der Waals surface area contributed by atoms with Crippen LogP contribution >= 0.6 is 0 Å². The third-order valence-corrected chi connectivity index (χ3v) is 3.57. The zero-order chi connectivity index (χ0) is 28.2. The molecule has 202 valence electrons. The van der Waals surface area contributed by atoms with E-state index in [1.165, 1.54) is 0 Å². The summed E-state index contributed by atoms with van der Waals surface area (Å²) in [5, 5.41) is 27.8. The van der Waals surface area contributed by atoms with Gasteiger partial charge in [0.2, 0.25) is 24.4 Å². The molecule has 0 aliphatic rings. The molecule has 3 N–H and O–H groups in total. The van der Waals surface area contributed by atoms with E-state index in [-0.39, 0.29) is 0 Å². The summed E-state index contributed by atoms with van der Waals surface area (Å²) in [7, 11) is 0. The van der Waals surface area contributed by atoms with Crippen molar-refractivity contribution in [1.29, 1.82) is 0 Å². The van der Waals surface area contributed by atoms with Crippen LogP contribution in [-0.4, -0.2) is 107 Å². The van der Waals surface area contributed by atoms with E-state index in [0.717, 1.165) is 27.7 Å². The van der Waals surface area contributed by atoms with Gasteiger partial charge in [0.15, 0.2) is 6.10 Å². The largest absolute Gasteiger partial charge is 0.478 e. The molecule has 0 saturated carbocycles. The van der Waals surface area contributed by atoms with Crippen LogP contribution in [0.4, 0.5) is 0 Å². The predicted molar refractivity (Wildman–Crippen MR) is 105 cm³/mol. The summed E-state index contributed by atoms with van der Waals surface area (Å²) in [5.41, 5.74) is 0. The number of ether oxygens (including phenoxy) is 6. The second-order valence-electron chi connectivity index (χ2n) is 6.67. The van der Waals surface area contributed by atoms with Crippen molar-refractivity contribution in [2.24, 2.45) is 0 Å². The molecule has 0 spiro atoms. The van der Waals surface area contributed by atoms with Crippen molar-refractivity contribution in [2.75, 3.05) is 13.2 Å². The fraction of sp³-hybridized carbons (Fsp3) is 0.579. The van der Waals surface area contributed by atoms with Crippen molar-refractivity contribution in [1.82, 2.24) is 0 Å². The molecule has 0 amide bonds. The molecule has 0 aliphatic heterocycles. The second-order valence-corrected chi connectivity index (χ2v) is 6.67. The van der Waals surface area contributed by atoms with Crippen LogP contribution in [0.2, 0.25) is 0 Å². The summed E-state index contributed by atoms with van der Waals surface area (Å²) in [6, 6.07) is 0. The Morgan fingerprint density at radius 2 is 0.889 bits per heavy atom. The maximum atomic E-state index is 12.4. The number of carbonyl (C=O) groups is 8. The number of hydrogen-bond donors (Lipinski definition) is 3. The number of esters is 6. The number of carboxylic acids is 2. The van der Waals surface area contributed by atoms with Crippen LogP contribution in [0.25, 0.3) is 0 Å². The molecule has 17 heteroatoms. The molecule has 5 atom stereocenters. The molecule has 0 aromatic heterocycles. The molecule has 5 unspecified atom stereocenters. The number of hydrogen-bond acceptors (Lipinski definition) is 15. The van der Waals surface area contributed by atoms with Crippen molar-refractivity contribution in [3.8, 4) is 0 Å². The fourth-order valence-corrected chi connectivity index (χ4v) is 2.28. The maximum absolute atomic E-state index is 12.4. The van der Waals surface area contributed by atoms with Crippen molar-refractivity contribution >= 4 is 47.8 Å². The minimum absolute atomic E-state index is 0.801. The summed E-state index contributed by atoms with van der Waals surface area (Å²) in [6.45, 7) is 1.14. The predicted octanol–water partition coefficient (Wildman–Crippen LogP) is -2.67. The average Bonchev–Trinajstić information content (AvgIpc) is 2.74. The van der Waals surface area contributed by atoms with E-state index in [1.807, 2.05) is 0 Å². The first-order chi connectivity index (χ1) is 16.6. The number of carboxylic acid groups (broad SMARTS) is 2. The molecule has 36 heavy (non-hydrogen) atoms. The van der Waals surface area contributed by atoms with E-state index < -0.39 is 91.5 Å². The first-order valence-corrected chi connectivity index (χ1v) is 9.73. The lowest BCUT2D eigenvalue weighted by atomic mass is 10.2. The Bertz CT molecular complexity index is 877. The Kier molecular flexibility index (Phi) is 13.1. The highest BCUT2D eigenvalue weighted by Gasteiger charge is 2.43. The van der Waals surface area contributed by atoms with Crippen LogP contribution in [0.15, 0.2) is 0 Å². The Morgan fingerprint density at radius 1 is 0.556 bits per heavy atom. The fourth-order valence-electron chi connectivity index (χ4n) is 2.28. The van der Waals surface area contributed by atoms with Crippen molar-refractivity contribution < 1.29 is 82.1 Å². The lowest BCUT2D eigenvalue weighted by molar-refractivity contribution is -0.196. The zero-order valence-electron chi connectivity index (χ0n) is 19.4. The Labute approximate surface area is 202 Å². The monoisotopic (exact) mass is 524 g/mol. The van der Waals surface area contributed by atoms with Gasteiger partial charge in [-0.1, -0.05) is 0 Å². The standard InChI is InChI=1S/C19H24O17/c1-7(21)32-12(16(25)26)14(34-9(3)23)18(29)31-6-11(5-20)36-19(30)15(35-10(4)24)13(17(27)28)33-8(2)22/h11-15,20H,5-6H2,1-4H3,(H,25,26)(H,27,28). The van der Waals surface area contributed by atoms with Crippen LogP contribution in [0.1, 0.15) is 27.7 Å². The molecule has 0 rings (SSSR count). The molecular weight excluding hydrogens is 500 g/mol. The van der Waals surface area contributed by atoms with Crippen LogP contribution in [0.3, 0.4) is 0 Å². The summed E-state index contributed by atoms with van der Waals surface area (Å²) in [4.78, 5) is 92.3. The number of carbonyl (C=O) groups excluding carboxylic acids is 6. The van der Waals surface area contributed by atoms with E-state index in [1.54, 1.807) is 0 Å². The van der Waals surface area contributed by atoms with Crippen molar-refractivity contribution in [2.45, 2.75) is 58.2 Å². The zero-order valence-corrected chi connectivity index (χ0v) is 19.4. The molecular formula is C19H24O17. The van der Waals surface area contributed by atoms with Crippen LogP contribution in [0, 0.1) is 0 Å². The summed E-state index contributed by atoms with van der Waals surface area (Å²) in [6.07, 6.45) is -11.0. The van der Waals surface area contributed by atoms with Gasteiger partial charge in [-0.2, -0.15) is 0 Å². The lowest BCUT2D eigenvalue weighted by Crippen LogP contribution is -2.48. The summed E-state index contributed by atoms with van der Waals surface area (Å²) < 4.78 is 27.4. The van der Waals surface area contributed by atoms with Gasteiger partial charge in [0.1, 0.15) is 6.61 Å². The third kappa shape index (κ3) is 11.2. The second kappa shape index (κ2) is 14.9. The van der Waals surface area contributed by atoms with Crippen molar-refractivity contribution in [3.63, 3.8) is 0 Å². The smallest absolute Gasteiger partial charge is 0.352 e. The number of aliphatic hydroxyl groups is 1. The number of rotatable bonds is 14. The minimum Gasteiger partial charge on any atom is -0.478 e. The molecule has 0 saturated heterocycles. The summed E-state index contributed by atoms with van der Waals surface area (Å²) in [5.74, 6) is -11.6. The molecule has 0 aromatic rings. The molecule has 0 aromatic carbocycles. The van der Waals surface area contributed by atoms with Gasteiger partial charge in [-0.15, -0.1) is 0 Å². The SMILES string of the molecule is CC(=O)OC(C(=O)O)C(OC(C)=O)C(=O)OCC(CO)OC(=O)C(OC(C)=O)C(OC(C)=O)C(=O)O. The van der Waals surface area contributed by atoms with Crippen LogP contribution in [-0.2, 0) is 66.8 Å². The van der Waals surface area contributed by atoms with Gasteiger partial charge < -0.3 is 43.7 Å². The molecule has 0 bridgehead atoms. The molecule has 0 radical (unpaired) electrons. The van der Waals surface area contributed by atoms with E-state index in [9.17, 15) is 53.7 Å². The van der Waals surface area contributed by atoms with Gasteiger partial charge in [-0.25, -0.2) is 19.2 Å². The first kappa shape index (κ1) is 31.7. The van der Waals surface area contributed by atoms with E-state index in [4.69, 9.17) is 4.74 Å². The molecule has 17 nitrogen and oxygen atoms in total. The Morgan fingerprint density at radius 3 is 1.19 bits per heavy atom. The average molecular weight is 524 g/mol. The van der Waals surface area contributed by atoms with E-state index in [0.29, 0.717) is 0 Å². The molecule has 0 fully saturated rings. The quantitative estimate of drug-likeness (QED) is 0.155. The maximum Gasteiger partial charge on any atom is 0.352 e.